The number of carbonyl (C=O) groups is 1. The Kier molecular flexibility index (Phi) is 5.88. The largest absolute Gasteiger partial charge is 0.489 e. The molecule has 3 atom stereocenters. The summed E-state index contributed by atoms with van der Waals surface area (Å²) in [5.41, 5.74) is 1.81. The second-order valence-electron chi connectivity index (χ2n) is 9.41. The van der Waals surface area contributed by atoms with Gasteiger partial charge in [-0.05, 0) is 50.0 Å². The van der Waals surface area contributed by atoms with Crippen molar-refractivity contribution in [2.24, 2.45) is 0 Å². The van der Waals surface area contributed by atoms with Crippen LogP contribution >= 0.6 is 23.2 Å². The maximum absolute atomic E-state index is 14.7. The number of rotatable bonds is 4. The van der Waals surface area contributed by atoms with Crippen LogP contribution in [0.3, 0.4) is 0 Å². The predicted octanol–water partition coefficient (Wildman–Crippen LogP) is 5.73. The van der Waals surface area contributed by atoms with Crippen LogP contribution in [0.15, 0.2) is 43.2 Å². The third kappa shape index (κ3) is 3.83. The van der Waals surface area contributed by atoms with Crippen molar-refractivity contribution in [3.05, 3.63) is 59.1 Å². The fourth-order valence-electron chi connectivity index (χ4n) is 5.88. The highest BCUT2D eigenvalue weighted by Gasteiger charge is 2.44. The summed E-state index contributed by atoms with van der Waals surface area (Å²) in [4.78, 5) is 25.6. The van der Waals surface area contributed by atoms with Crippen molar-refractivity contribution in [3.8, 4) is 5.75 Å². The molecular formula is C26H24Cl2FN5O2. The van der Waals surface area contributed by atoms with E-state index >= 15 is 0 Å². The number of ether oxygens (including phenoxy) is 1. The minimum atomic E-state index is -0.643. The Morgan fingerprint density at radius 2 is 1.94 bits per heavy atom. The molecule has 7 nitrogen and oxygen atoms in total. The van der Waals surface area contributed by atoms with Crippen molar-refractivity contribution in [2.45, 2.75) is 43.8 Å². The summed E-state index contributed by atoms with van der Waals surface area (Å²) in [6.07, 6.45) is 6.70. The van der Waals surface area contributed by atoms with Gasteiger partial charge in [-0.3, -0.25) is 4.79 Å². The molecule has 10 heteroatoms. The zero-order valence-electron chi connectivity index (χ0n) is 19.4. The van der Waals surface area contributed by atoms with E-state index in [-0.39, 0.29) is 39.8 Å². The number of amides is 1. The number of anilines is 3. The number of fused-ring (bicyclic) bond motifs is 4. The van der Waals surface area contributed by atoms with Gasteiger partial charge in [0.1, 0.15) is 24.5 Å². The van der Waals surface area contributed by atoms with Gasteiger partial charge in [0.2, 0.25) is 5.91 Å². The van der Waals surface area contributed by atoms with Crippen LogP contribution in [0.5, 0.6) is 5.75 Å². The summed E-state index contributed by atoms with van der Waals surface area (Å²) < 4.78 is 20.7. The Bertz CT molecular complexity index is 1370. The van der Waals surface area contributed by atoms with E-state index in [0.29, 0.717) is 17.9 Å². The molecule has 2 aromatic carbocycles. The van der Waals surface area contributed by atoms with E-state index in [2.05, 4.69) is 26.8 Å². The first-order valence-electron chi connectivity index (χ1n) is 12.0. The predicted molar refractivity (Wildman–Crippen MR) is 139 cm³/mol. The fraction of sp³-hybridized carbons (Fsp3) is 0.346. The molecule has 1 aromatic heterocycles. The molecule has 36 heavy (non-hydrogen) atoms. The van der Waals surface area contributed by atoms with Gasteiger partial charge in [0.05, 0.1) is 33.5 Å². The van der Waals surface area contributed by atoms with Crippen LogP contribution in [0.4, 0.5) is 21.6 Å². The Morgan fingerprint density at radius 3 is 2.69 bits per heavy atom. The molecule has 1 N–H and O–H groups in total. The number of carbonyl (C=O) groups excluding carboxylic acids is 1. The third-order valence-electron chi connectivity index (χ3n) is 7.48. The first-order chi connectivity index (χ1) is 17.4. The summed E-state index contributed by atoms with van der Waals surface area (Å²) in [5, 5.41) is 3.78. The van der Waals surface area contributed by atoms with Crippen molar-refractivity contribution in [1.82, 2.24) is 14.9 Å². The number of halogens is 3. The lowest BCUT2D eigenvalue weighted by Crippen LogP contribution is -2.53. The van der Waals surface area contributed by atoms with Gasteiger partial charge in [0.15, 0.2) is 5.82 Å². The van der Waals surface area contributed by atoms with E-state index in [1.807, 2.05) is 17.0 Å². The number of benzene rings is 2. The van der Waals surface area contributed by atoms with Crippen LogP contribution in [0.2, 0.25) is 10.0 Å². The van der Waals surface area contributed by atoms with Crippen LogP contribution in [0, 0.1) is 5.82 Å². The smallest absolute Gasteiger partial charge is 0.246 e. The molecule has 3 aliphatic rings. The van der Waals surface area contributed by atoms with Crippen LogP contribution < -0.4 is 15.0 Å². The van der Waals surface area contributed by atoms with Crippen molar-refractivity contribution >= 4 is 57.2 Å². The van der Waals surface area contributed by atoms with E-state index in [9.17, 15) is 9.18 Å². The number of nitrogens with one attached hydrogen (secondary N) is 1. The molecule has 3 aliphatic heterocycles. The Morgan fingerprint density at radius 1 is 1.17 bits per heavy atom. The van der Waals surface area contributed by atoms with Crippen LogP contribution in [0.25, 0.3) is 10.9 Å². The van der Waals surface area contributed by atoms with Gasteiger partial charge >= 0.3 is 0 Å². The minimum Gasteiger partial charge on any atom is -0.489 e. The van der Waals surface area contributed by atoms with Gasteiger partial charge in [-0.1, -0.05) is 29.8 Å². The SMILES string of the molecule is C=CC(=O)N1[C@@H]2CC[C@H]1CC(N1CCOc3cc4ncnc(Nc5ccc(Cl)c(Cl)c5F)c4cc31)C2. The van der Waals surface area contributed by atoms with E-state index in [1.54, 1.807) is 0 Å². The Labute approximate surface area is 217 Å². The standard InChI is InChI=1S/C26H24Cl2FN5O2/c1-2-23(35)34-14-3-4-15(34)10-16(9-14)33-7-8-36-22-12-20-17(11-21(22)33)26(31-13-30-20)32-19-6-5-18(27)24(28)25(19)29/h2,5-6,11-16H,1,3-4,7-10H2,(H,30,31,32)/t14-,15+,16?. The van der Waals surface area contributed by atoms with E-state index in [1.165, 1.54) is 24.5 Å². The zero-order chi connectivity index (χ0) is 25.0. The van der Waals surface area contributed by atoms with Gasteiger partial charge in [-0.2, -0.15) is 0 Å². The average Bonchev–Trinajstić information content (AvgIpc) is 3.16. The molecule has 2 saturated heterocycles. The fourth-order valence-corrected chi connectivity index (χ4v) is 6.19. The summed E-state index contributed by atoms with van der Waals surface area (Å²) in [6.45, 7) is 5.00. The number of piperidine rings is 1. The summed E-state index contributed by atoms with van der Waals surface area (Å²) >= 11 is 11.9. The second-order valence-corrected chi connectivity index (χ2v) is 10.2. The number of aromatic nitrogens is 2. The number of hydrogen-bond acceptors (Lipinski definition) is 6. The van der Waals surface area contributed by atoms with E-state index in [4.69, 9.17) is 27.9 Å². The normalized spacial score (nSPS) is 22.8. The molecule has 4 heterocycles. The van der Waals surface area contributed by atoms with Gasteiger partial charge in [0, 0.05) is 29.6 Å². The summed E-state index contributed by atoms with van der Waals surface area (Å²) in [6, 6.07) is 7.70. The summed E-state index contributed by atoms with van der Waals surface area (Å²) in [5.74, 6) is 0.597. The molecule has 6 rings (SSSR count). The average molecular weight is 528 g/mol. The molecule has 1 amide bonds. The Hall–Kier alpha value is -3.10. The molecule has 0 saturated carbocycles. The van der Waals surface area contributed by atoms with Gasteiger partial charge in [-0.15, -0.1) is 0 Å². The van der Waals surface area contributed by atoms with Gasteiger partial charge in [-0.25, -0.2) is 14.4 Å². The zero-order valence-corrected chi connectivity index (χ0v) is 20.9. The molecule has 0 spiro atoms. The topological polar surface area (TPSA) is 70.6 Å². The molecule has 3 aromatic rings. The lowest BCUT2D eigenvalue weighted by atomic mass is 9.94. The lowest BCUT2D eigenvalue weighted by Gasteiger charge is -2.45. The number of nitrogens with zero attached hydrogens (tertiary/aromatic N) is 4. The van der Waals surface area contributed by atoms with Crippen molar-refractivity contribution in [2.75, 3.05) is 23.4 Å². The van der Waals surface area contributed by atoms with E-state index < -0.39 is 5.82 Å². The molecule has 186 valence electrons. The van der Waals surface area contributed by atoms with Crippen molar-refractivity contribution < 1.29 is 13.9 Å². The van der Waals surface area contributed by atoms with Gasteiger partial charge < -0.3 is 19.9 Å². The van der Waals surface area contributed by atoms with Crippen LogP contribution in [-0.4, -0.2) is 52.1 Å². The van der Waals surface area contributed by atoms with Crippen LogP contribution in [0.1, 0.15) is 25.7 Å². The highest BCUT2D eigenvalue weighted by Crippen LogP contribution is 2.44. The highest BCUT2D eigenvalue weighted by atomic mass is 35.5. The lowest BCUT2D eigenvalue weighted by molar-refractivity contribution is -0.130. The van der Waals surface area contributed by atoms with Gasteiger partial charge in [0.25, 0.3) is 0 Å². The summed E-state index contributed by atoms with van der Waals surface area (Å²) in [7, 11) is 0. The molecule has 1 unspecified atom stereocenters. The first kappa shape index (κ1) is 23.3. The van der Waals surface area contributed by atoms with Crippen LogP contribution in [-0.2, 0) is 4.79 Å². The van der Waals surface area contributed by atoms with Crippen molar-refractivity contribution in [3.63, 3.8) is 0 Å². The quantitative estimate of drug-likeness (QED) is 0.345. The molecule has 2 fully saturated rings. The van der Waals surface area contributed by atoms with Crippen molar-refractivity contribution in [1.29, 1.82) is 0 Å². The maximum Gasteiger partial charge on any atom is 0.246 e. The number of hydrogen-bond donors (Lipinski definition) is 1. The highest BCUT2D eigenvalue weighted by molar-refractivity contribution is 6.42. The first-order valence-corrected chi connectivity index (χ1v) is 12.7. The monoisotopic (exact) mass is 527 g/mol. The maximum atomic E-state index is 14.7. The Balaban J connectivity index is 1.35. The van der Waals surface area contributed by atoms with E-state index in [0.717, 1.165) is 49.1 Å². The molecule has 0 radical (unpaired) electrons. The minimum absolute atomic E-state index is 0.0247. The second kappa shape index (κ2) is 9.09. The molecule has 2 bridgehead atoms. The third-order valence-corrected chi connectivity index (χ3v) is 8.26. The molecule has 0 aliphatic carbocycles. The molecular weight excluding hydrogens is 504 g/mol.